The van der Waals surface area contributed by atoms with Crippen LogP contribution in [0, 0.1) is 18.6 Å². The van der Waals surface area contributed by atoms with Gasteiger partial charge in [0.1, 0.15) is 11.6 Å². The van der Waals surface area contributed by atoms with E-state index in [0.717, 1.165) is 6.07 Å². The van der Waals surface area contributed by atoms with E-state index in [1.54, 1.807) is 17.7 Å². The van der Waals surface area contributed by atoms with Crippen molar-refractivity contribution in [1.29, 1.82) is 0 Å². The zero-order valence-corrected chi connectivity index (χ0v) is 9.65. The standard InChI is InChI=1S/C13H11F2NO2/c1-8-12(13(17)18)2-3-16(8)7-9-4-10(14)6-11(15)5-9/h2-6H,7H2,1H3,(H,17,18). The van der Waals surface area contributed by atoms with Crippen LogP contribution >= 0.6 is 0 Å². The maximum absolute atomic E-state index is 13.0. The molecule has 0 fully saturated rings. The highest BCUT2D eigenvalue weighted by molar-refractivity contribution is 5.88. The van der Waals surface area contributed by atoms with E-state index in [1.807, 2.05) is 0 Å². The van der Waals surface area contributed by atoms with Crippen LogP contribution in [0.3, 0.4) is 0 Å². The van der Waals surface area contributed by atoms with Gasteiger partial charge in [0.25, 0.3) is 0 Å². The van der Waals surface area contributed by atoms with Crippen molar-refractivity contribution < 1.29 is 18.7 Å². The van der Waals surface area contributed by atoms with Crippen molar-refractivity contribution in [3.63, 3.8) is 0 Å². The number of rotatable bonds is 3. The smallest absolute Gasteiger partial charge is 0.337 e. The lowest BCUT2D eigenvalue weighted by Gasteiger charge is -2.07. The molecule has 1 N–H and O–H groups in total. The normalized spacial score (nSPS) is 10.6. The van der Waals surface area contributed by atoms with Crippen LogP contribution in [0.15, 0.2) is 30.5 Å². The number of halogens is 2. The van der Waals surface area contributed by atoms with Gasteiger partial charge in [-0.3, -0.25) is 0 Å². The van der Waals surface area contributed by atoms with E-state index in [0.29, 0.717) is 11.3 Å². The van der Waals surface area contributed by atoms with Crippen molar-refractivity contribution in [2.45, 2.75) is 13.5 Å². The molecule has 2 rings (SSSR count). The van der Waals surface area contributed by atoms with Crippen LogP contribution in [-0.2, 0) is 6.54 Å². The molecule has 0 aliphatic rings. The quantitative estimate of drug-likeness (QED) is 0.911. The molecule has 5 heteroatoms. The molecule has 0 amide bonds. The van der Waals surface area contributed by atoms with E-state index in [9.17, 15) is 13.6 Å². The second-order valence-corrected chi connectivity index (χ2v) is 4.03. The van der Waals surface area contributed by atoms with Gasteiger partial charge in [0.05, 0.1) is 5.56 Å². The average molecular weight is 251 g/mol. The number of aromatic nitrogens is 1. The molecule has 2 aromatic rings. The monoisotopic (exact) mass is 251 g/mol. The van der Waals surface area contributed by atoms with Crippen molar-refractivity contribution in [2.75, 3.05) is 0 Å². The molecule has 94 valence electrons. The van der Waals surface area contributed by atoms with Crippen LogP contribution in [0.2, 0.25) is 0 Å². The Labute approximate surface area is 102 Å². The molecule has 18 heavy (non-hydrogen) atoms. The summed E-state index contributed by atoms with van der Waals surface area (Å²) < 4.78 is 27.7. The molecule has 0 unspecified atom stereocenters. The number of hydrogen-bond acceptors (Lipinski definition) is 1. The van der Waals surface area contributed by atoms with E-state index in [-0.39, 0.29) is 12.1 Å². The average Bonchev–Trinajstić information content (AvgIpc) is 2.59. The Kier molecular flexibility index (Phi) is 3.14. The van der Waals surface area contributed by atoms with Crippen LogP contribution in [0.5, 0.6) is 0 Å². The lowest BCUT2D eigenvalue weighted by Crippen LogP contribution is -2.04. The summed E-state index contributed by atoms with van der Waals surface area (Å²) in [5, 5.41) is 8.90. The molecule has 0 saturated carbocycles. The minimum absolute atomic E-state index is 0.187. The molecule has 0 saturated heterocycles. The number of hydrogen-bond donors (Lipinski definition) is 1. The van der Waals surface area contributed by atoms with Crippen LogP contribution in [-0.4, -0.2) is 15.6 Å². The second kappa shape index (κ2) is 4.60. The third-order valence-electron chi connectivity index (χ3n) is 2.75. The van der Waals surface area contributed by atoms with Crippen molar-refractivity contribution in [3.8, 4) is 0 Å². The highest BCUT2D eigenvalue weighted by atomic mass is 19.1. The lowest BCUT2D eigenvalue weighted by molar-refractivity contribution is 0.0696. The first-order valence-corrected chi connectivity index (χ1v) is 5.31. The summed E-state index contributed by atoms with van der Waals surface area (Å²) in [6, 6.07) is 4.72. The summed E-state index contributed by atoms with van der Waals surface area (Å²) >= 11 is 0. The summed E-state index contributed by atoms with van der Waals surface area (Å²) in [5.41, 5.74) is 1.18. The summed E-state index contributed by atoms with van der Waals surface area (Å²) in [6.07, 6.45) is 1.58. The predicted molar refractivity (Wildman–Crippen MR) is 61.6 cm³/mol. The maximum atomic E-state index is 13.0. The summed E-state index contributed by atoms with van der Waals surface area (Å²) in [6.45, 7) is 1.88. The highest BCUT2D eigenvalue weighted by Crippen LogP contribution is 2.14. The molecule has 0 aliphatic carbocycles. The zero-order chi connectivity index (χ0) is 13.3. The molecule has 0 atom stereocenters. The fourth-order valence-corrected chi connectivity index (χ4v) is 1.85. The summed E-state index contributed by atoms with van der Waals surface area (Å²) in [7, 11) is 0. The molecule has 1 aromatic heterocycles. The first kappa shape index (κ1) is 12.3. The maximum Gasteiger partial charge on any atom is 0.337 e. The Morgan fingerprint density at radius 3 is 2.39 bits per heavy atom. The van der Waals surface area contributed by atoms with E-state index >= 15 is 0 Å². The Morgan fingerprint density at radius 1 is 1.28 bits per heavy atom. The molecule has 1 heterocycles. The number of carboxylic acids is 1. The molecular weight excluding hydrogens is 240 g/mol. The van der Waals surface area contributed by atoms with Crippen molar-refractivity contribution in [1.82, 2.24) is 4.57 Å². The largest absolute Gasteiger partial charge is 0.478 e. The van der Waals surface area contributed by atoms with Crippen LogP contribution in [0.25, 0.3) is 0 Å². The number of carboxylic acid groups (broad SMARTS) is 1. The Balaban J connectivity index is 2.31. The van der Waals surface area contributed by atoms with Gasteiger partial charge in [-0.1, -0.05) is 0 Å². The SMILES string of the molecule is Cc1c(C(=O)O)ccn1Cc1cc(F)cc(F)c1. The Hall–Kier alpha value is -2.17. The van der Waals surface area contributed by atoms with Gasteiger partial charge < -0.3 is 9.67 Å². The van der Waals surface area contributed by atoms with Crippen LogP contribution in [0.1, 0.15) is 21.6 Å². The van der Waals surface area contributed by atoms with Gasteiger partial charge in [0.15, 0.2) is 0 Å². The molecule has 3 nitrogen and oxygen atoms in total. The fraction of sp³-hybridized carbons (Fsp3) is 0.154. The highest BCUT2D eigenvalue weighted by Gasteiger charge is 2.11. The van der Waals surface area contributed by atoms with Gasteiger partial charge in [-0.05, 0) is 30.7 Å². The predicted octanol–water partition coefficient (Wildman–Crippen LogP) is 2.82. The van der Waals surface area contributed by atoms with Crippen molar-refractivity contribution in [3.05, 3.63) is 58.9 Å². The number of aromatic carboxylic acids is 1. The first-order chi connectivity index (χ1) is 8.47. The third-order valence-corrected chi connectivity index (χ3v) is 2.75. The molecule has 0 spiro atoms. The molecule has 1 aromatic carbocycles. The van der Waals surface area contributed by atoms with Crippen LogP contribution < -0.4 is 0 Å². The molecule has 0 bridgehead atoms. The van der Waals surface area contributed by atoms with Gasteiger partial charge in [-0.25, -0.2) is 13.6 Å². The topological polar surface area (TPSA) is 42.2 Å². The van der Waals surface area contributed by atoms with Crippen LogP contribution in [0.4, 0.5) is 8.78 Å². The third kappa shape index (κ3) is 2.40. The number of carbonyl (C=O) groups is 1. The summed E-state index contributed by atoms with van der Waals surface area (Å²) in [5.74, 6) is -2.31. The number of benzene rings is 1. The molecule has 0 radical (unpaired) electrons. The van der Waals surface area contributed by atoms with E-state index < -0.39 is 17.6 Å². The Morgan fingerprint density at radius 2 is 1.89 bits per heavy atom. The second-order valence-electron chi connectivity index (χ2n) is 4.03. The van der Waals surface area contributed by atoms with Gasteiger partial charge >= 0.3 is 5.97 Å². The van der Waals surface area contributed by atoms with E-state index in [2.05, 4.69) is 0 Å². The van der Waals surface area contributed by atoms with Crippen molar-refractivity contribution in [2.24, 2.45) is 0 Å². The zero-order valence-electron chi connectivity index (χ0n) is 9.65. The molecular formula is C13H11F2NO2. The van der Waals surface area contributed by atoms with Gasteiger partial charge in [-0.15, -0.1) is 0 Å². The van der Waals surface area contributed by atoms with Gasteiger partial charge in [0.2, 0.25) is 0 Å². The fourth-order valence-electron chi connectivity index (χ4n) is 1.85. The summed E-state index contributed by atoms with van der Waals surface area (Å²) in [4.78, 5) is 10.9. The van der Waals surface area contributed by atoms with Gasteiger partial charge in [-0.2, -0.15) is 0 Å². The van der Waals surface area contributed by atoms with E-state index in [4.69, 9.17) is 5.11 Å². The molecule has 0 aliphatic heterocycles. The first-order valence-electron chi connectivity index (χ1n) is 5.31. The lowest BCUT2D eigenvalue weighted by atomic mass is 10.2. The minimum atomic E-state index is -1.02. The van der Waals surface area contributed by atoms with Gasteiger partial charge in [0, 0.05) is 24.5 Å². The van der Waals surface area contributed by atoms with E-state index in [1.165, 1.54) is 18.2 Å². The number of nitrogens with zero attached hydrogens (tertiary/aromatic N) is 1. The Bertz CT molecular complexity index is 585. The minimum Gasteiger partial charge on any atom is -0.478 e. The van der Waals surface area contributed by atoms with Crippen molar-refractivity contribution >= 4 is 5.97 Å².